The molecule has 0 fully saturated rings. The first-order chi connectivity index (χ1) is 6.60. The fourth-order valence-corrected chi connectivity index (χ4v) is 0.860. The van der Waals surface area contributed by atoms with Crippen LogP contribution in [0.15, 0.2) is 16.9 Å². The van der Waals surface area contributed by atoms with Crippen molar-refractivity contribution in [3.8, 4) is 0 Å². The van der Waals surface area contributed by atoms with Gasteiger partial charge in [-0.15, -0.1) is 0 Å². The van der Waals surface area contributed by atoms with E-state index in [0.29, 0.717) is 0 Å². The zero-order valence-corrected chi connectivity index (χ0v) is 6.83. The Morgan fingerprint density at radius 2 is 1.47 bits per heavy atom. The molecule has 1 N–H and O–H groups in total. The first kappa shape index (κ1) is 11.6. The first-order valence-electron chi connectivity index (χ1n) is 3.49. The molecule has 0 saturated carbocycles. The van der Waals surface area contributed by atoms with E-state index in [9.17, 15) is 31.1 Å². The third-order valence-electron chi connectivity index (χ3n) is 1.48. The monoisotopic (exact) mass is 231 g/mol. The smallest absolute Gasteiger partial charge is 0.318 e. The standard InChI is InChI=1S/C7H3F6NO/c8-6(9,10)3-1-4(7(11,12)13)14-5(15)2-3/h1-2H,(H,14,15). The van der Waals surface area contributed by atoms with Crippen molar-refractivity contribution in [2.24, 2.45) is 0 Å². The second-order valence-electron chi connectivity index (χ2n) is 2.64. The molecule has 0 aliphatic rings. The van der Waals surface area contributed by atoms with Crippen LogP contribution in [0.25, 0.3) is 0 Å². The van der Waals surface area contributed by atoms with E-state index in [2.05, 4.69) is 0 Å². The summed E-state index contributed by atoms with van der Waals surface area (Å²) in [5, 5.41) is 0. The van der Waals surface area contributed by atoms with Crippen LogP contribution in [0.1, 0.15) is 11.3 Å². The van der Waals surface area contributed by atoms with Gasteiger partial charge in [0.25, 0.3) is 0 Å². The molecule has 1 heterocycles. The summed E-state index contributed by atoms with van der Waals surface area (Å²) in [7, 11) is 0. The Balaban J connectivity index is 3.36. The average molecular weight is 231 g/mol. The summed E-state index contributed by atoms with van der Waals surface area (Å²) in [6.45, 7) is 0. The lowest BCUT2D eigenvalue weighted by Crippen LogP contribution is -2.19. The highest BCUT2D eigenvalue weighted by atomic mass is 19.4. The van der Waals surface area contributed by atoms with Crippen molar-refractivity contribution < 1.29 is 26.3 Å². The van der Waals surface area contributed by atoms with Gasteiger partial charge >= 0.3 is 12.4 Å². The van der Waals surface area contributed by atoms with Gasteiger partial charge in [-0.1, -0.05) is 0 Å². The largest absolute Gasteiger partial charge is 0.431 e. The quantitative estimate of drug-likeness (QED) is 0.683. The van der Waals surface area contributed by atoms with Gasteiger partial charge in [-0.25, -0.2) is 0 Å². The van der Waals surface area contributed by atoms with Gasteiger partial charge in [0.2, 0.25) is 5.56 Å². The van der Waals surface area contributed by atoms with Crippen molar-refractivity contribution in [1.29, 1.82) is 0 Å². The van der Waals surface area contributed by atoms with Crippen molar-refractivity contribution in [1.82, 2.24) is 4.98 Å². The number of H-pyrrole nitrogens is 1. The van der Waals surface area contributed by atoms with Crippen LogP contribution in [0, 0.1) is 0 Å². The van der Waals surface area contributed by atoms with E-state index in [1.54, 1.807) is 0 Å². The van der Waals surface area contributed by atoms with Crippen molar-refractivity contribution in [2.45, 2.75) is 12.4 Å². The topological polar surface area (TPSA) is 32.9 Å². The van der Waals surface area contributed by atoms with Gasteiger partial charge in [0, 0.05) is 6.07 Å². The lowest BCUT2D eigenvalue weighted by molar-refractivity contribution is -0.145. The fraction of sp³-hybridized carbons (Fsp3) is 0.286. The van der Waals surface area contributed by atoms with Crippen LogP contribution in [0.4, 0.5) is 26.3 Å². The highest BCUT2D eigenvalue weighted by Crippen LogP contribution is 2.32. The average Bonchev–Trinajstić information content (AvgIpc) is 1.99. The van der Waals surface area contributed by atoms with Crippen molar-refractivity contribution in [3.63, 3.8) is 0 Å². The minimum Gasteiger partial charge on any atom is -0.318 e. The number of pyridine rings is 1. The molecule has 0 bridgehead atoms. The number of nitrogens with one attached hydrogen (secondary N) is 1. The third-order valence-corrected chi connectivity index (χ3v) is 1.48. The number of alkyl halides is 6. The molecule has 1 aromatic heterocycles. The molecule has 0 aliphatic carbocycles. The van der Waals surface area contributed by atoms with Gasteiger partial charge in [-0.2, -0.15) is 26.3 Å². The Bertz CT molecular complexity index is 379. The number of rotatable bonds is 0. The molecule has 1 rings (SSSR count). The van der Waals surface area contributed by atoms with Gasteiger partial charge < -0.3 is 4.98 Å². The Kier molecular flexibility index (Phi) is 2.54. The van der Waals surface area contributed by atoms with Gasteiger partial charge in [0.1, 0.15) is 5.69 Å². The molecule has 1 aromatic rings. The molecule has 0 radical (unpaired) electrons. The molecule has 8 heteroatoms. The molecule has 0 aliphatic heterocycles. The maximum Gasteiger partial charge on any atom is 0.431 e. The lowest BCUT2D eigenvalue weighted by Gasteiger charge is -2.10. The van der Waals surface area contributed by atoms with Crippen LogP contribution in [-0.2, 0) is 12.4 Å². The normalized spacial score (nSPS) is 12.9. The first-order valence-corrected chi connectivity index (χ1v) is 3.49. The molecule has 0 aromatic carbocycles. The third kappa shape index (κ3) is 2.74. The van der Waals surface area contributed by atoms with Crippen LogP contribution < -0.4 is 5.56 Å². The predicted molar refractivity (Wildman–Crippen MR) is 37.1 cm³/mol. The van der Waals surface area contributed by atoms with E-state index in [4.69, 9.17) is 0 Å². The number of aromatic amines is 1. The number of hydrogen-bond donors (Lipinski definition) is 1. The Morgan fingerprint density at radius 1 is 0.933 bits per heavy atom. The summed E-state index contributed by atoms with van der Waals surface area (Å²) in [5.74, 6) is 0. The minimum atomic E-state index is -5.01. The van der Waals surface area contributed by atoms with Gasteiger partial charge in [-0.05, 0) is 6.07 Å². The maximum absolute atomic E-state index is 12.0. The molecular formula is C7H3F6NO. The molecule has 0 spiro atoms. The van der Waals surface area contributed by atoms with E-state index in [1.807, 2.05) is 0 Å². The maximum atomic E-state index is 12.0. The Labute approximate surface area is 78.5 Å². The van der Waals surface area contributed by atoms with E-state index < -0.39 is 29.2 Å². The Morgan fingerprint density at radius 3 is 1.87 bits per heavy atom. The highest BCUT2D eigenvalue weighted by Gasteiger charge is 2.37. The van der Waals surface area contributed by atoms with E-state index >= 15 is 0 Å². The predicted octanol–water partition coefficient (Wildman–Crippen LogP) is 2.41. The molecule has 0 unspecified atom stereocenters. The number of aromatic nitrogens is 1. The number of halogens is 6. The number of hydrogen-bond acceptors (Lipinski definition) is 1. The fourth-order valence-electron chi connectivity index (χ4n) is 0.860. The second kappa shape index (κ2) is 3.28. The van der Waals surface area contributed by atoms with Crippen LogP contribution in [0.5, 0.6) is 0 Å². The molecule has 15 heavy (non-hydrogen) atoms. The molecule has 84 valence electrons. The van der Waals surface area contributed by atoms with Crippen molar-refractivity contribution in [3.05, 3.63) is 33.7 Å². The molecule has 2 nitrogen and oxygen atoms in total. The van der Waals surface area contributed by atoms with Crippen LogP contribution in [0.2, 0.25) is 0 Å². The zero-order valence-electron chi connectivity index (χ0n) is 6.83. The van der Waals surface area contributed by atoms with E-state index in [1.165, 1.54) is 4.98 Å². The summed E-state index contributed by atoms with van der Waals surface area (Å²) < 4.78 is 72.0. The SMILES string of the molecule is O=c1cc(C(F)(F)F)cc(C(F)(F)F)[nH]1. The molecule has 0 amide bonds. The molecular weight excluding hydrogens is 228 g/mol. The van der Waals surface area contributed by atoms with E-state index in [0.717, 1.165) is 0 Å². The molecule has 0 saturated heterocycles. The zero-order chi connectivity index (χ0) is 11.9. The van der Waals surface area contributed by atoms with Gasteiger partial charge in [-0.3, -0.25) is 4.79 Å². The summed E-state index contributed by atoms with van der Waals surface area (Å²) in [4.78, 5) is 11.8. The van der Waals surface area contributed by atoms with Crippen LogP contribution in [0.3, 0.4) is 0 Å². The van der Waals surface area contributed by atoms with E-state index in [-0.39, 0.29) is 12.1 Å². The van der Waals surface area contributed by atoms with Gasteiger partial charge in [0.05, 0.1) is 5.56 Å². The lowest BCUT2D eigenvalue weighted by atomic mass is 10.2. The van der Waals surface area contributed by atoms with Crippen LogP contribution >= 0.6 is 0 Å². The van der Waals surface area contributed by atoms with Gasteiger partial charge in [0.15, 0.2) is 0 Å². The molecule has 0 atom stereocenters. The van der Waals surface area contributed by atoms with Crippen molar-refractivity contribution in [2.75, 3.05) is 0 Å². The minimum absolute atomic E-state index is 0.0647. The van der Waals surface area contributed by atoms with Crippen LogP contribution in [-0.4, -0.2) is 4.98 Å². The summed E-state index contributed by atoms with van der Waals surface area (Å²) in [6.07, 6.45) is -9.99. The second-order valence-corrected chi connectivity index (χ2v) is 2.64. The summed E-state index contributed by atoms with van der Waals surface area (Å²) >= 11 is 0. The summed E-state index contributed by atoms with van der Waals surface area (Å²) in [6, 6.07) is -0.0867. The van der Waals surface area contributed by atoms with Crippen molar-refractivity contribution >= 4 is 0 Å². The Hall–Kier alpha value is -1.47. The summed E-state index contributed by atoms with van der Waals surface area (Å²) in [5.41, 5.74) is -4.79. The highest BCUT2D eigenvalue weighted by molar-refractivity contribution is 5.21.